The molecule has 6 rings (SSSR count). The first-order valence-corrected chi connectivity index (χ1v) is 10.4. The Kier molecular flexibility index (Phi) is 3.88. The minimum atomic E-state index is 0.707. The van der Waals surface area contributed by atoms with Crippen LogP contribution < -0.4 is 4.40 Å². The largest absolute Gasteiger partial charge is 0.351 e. The van der Waals surface area contributed by atoms with Crippen LogP contribution in [0, 0.1) is 0 Å². The molecular weight excluding hydrogens is 413 g/mol. The molecule has 0 bridgehead atoms. The Morgan fingerprint density at radius 1 is 0.767 bits per heavy atom. The summed E-state index contributed by atoms with van der Waals surface area (Å²) in [7, 11) is 0. The Morgan fingerprint density at radius 2 is 1.60 bits per heavy atom. The maximum atomic E-state index is 6.37. The van der Waals surface area contributed by atoms with Crippen molar-refractivity contribution in [3.05, 3.63) is 101 Å². The summed E-state index contributed by atoms with van der Waals surface area (Å²) >= 11 is 12.5. The van der Waals surface area contributed by atoms with Crippen LogP contribution in [0.1, 0.15) is 0 Å². The zero-order valence-corrected chi connectivity index (χ0v) is 17.3. The van der Waals surface area contributed by atoms with E-state index < -0.39 is 0 Å². The van der Waals surface area contributed by atoms with E-state index in [2.05, 4.69) is 62.9 Å². The van der Waals surface area contributed by atoms with Crippen LogP contribution in [0.4, 0.5) is 0 Å². The average Bonchev–Trinajstić information content (AvgIpc) is 3.33. The quantitative estimate of drug-likeness (QED) is 0.292. The second-order valence-corrected chi connectivity index (χ2v) is 8.22. The number of fused-ring (bicyclic) bond motifs is 5. The molecule has 0 radical (unpaired) electrons. The number of H-pyrrole nitrogens is 1. The van der Waals surface area contributed by atoms with Crippen LogP contribution in [0.3, 0.4) is 0 Å². The van der Waals surface area contributed by atoms with Gasteiger partial charge in [-0.1, -0.05) is 53.5 Å². The zero-order chi connectivity index (χ0) is 20.2. The van der Waals surface area contributed by atoms with Crippen LogP contribution >= 0.6 is 23.2 Å². The molecule has 0 unspecified atom stereocenters. The van der Waals surface area contributed by atoms with Crippen molar-refractivity contribution in [3.63, 3.8) is 0 Å². The molecule has 3 aromatic heterocycles. The summed E-state index contributed by atoms with van der Waals surface area (Å²) in [6.07, 6.45) is 4.21. The fourth-order valence-corrected chi connectivity index (χ4v) is 4.54. The van der Waals surface area contributed by atoms with Gasteiger partial charge in [0.15, 0.2) is 5.69 Å². The molecule has 0 aliphatic rings. The van der Waals surface area contributed by atoms with Crippen molar-refractivity contribution >= 4 is 50.5 Å². The van der Waals surface area contributed by atoms with Gasteiger partial charge in [-0.25, -0.2) is 0 Å². The lowest BCUT2D eigenvalue weighted by atomic mass is 10.1. The number of para-hydroxylation sites is 1. The van der Waals surface area contributed by atoms with Crippen molar-refractivity contribution in [2.75, 3.05) is 0 Å². The van der Waals surface area contributed by atoms with Gasteiger partial charge in [-0.2, -0.15) is 8.97 Å². The lowest BCUT2D eigenvalue weighted by Crippen LogP contribution is -2.17. The van der Waals surface area contributed by atoms with Gasteiger partial charge in [0.1, 0.15) is 5.69 Å². The Hall–Kier alpha value is -3.27. The van der Waals surface area contributed by atoms with E-state index in [4.69, 9.17) is 23.2 Å². The molecule has 0 aliphatic carbocycles. The highest BCUT2D eigenvalue weighted by Gasteiger charge is 2.25. The van der Waals surface area contributed by atoms with Gasteiger partial charge in [0, 0.05) is 31.9 Å². The van der Waals surface area contributed by atoms with E-state index in [-0.39, 0.29) is 0 Å². The van der Waals surface area contributed by atoms with Gasteiger partial charge >= 0.3 is 0 Å². The number of halogens is 2. The molecule has 6 aromatic rings. The van der Waals surface area contributed by atoms with Gasteiger partial charge < -0.3 is 4.98 Å². The highest BCUT2D eigenvalue weighted by Crippen LogP contribution is 2.34. The second kappa shape index (κ2) is 6.63. The van der Waals surface area contributed by atoms with Gasteiger partial charge in [-0.3, -0.25) is 0 Å². The maximum absolute atomic E-state index is 6.37. The first-order chi connectivity index (χ1) is 14.7. The number of benzene rings is 3. The van der Waals surface area contributed by atoms with Crippen molar-refractivity contribution in [2.24, 2.45) is 0 Å². The Bertz CT molecular complexity index is 1560. The first kappa shape index (κ1) is 17.6. The molecule has 0 fully saturated rings. The highest BCUT2D eigenvalue weighted by molar-refractivity contribution is 6.31. The molecule has 144 valence electrons. The van der Waals surface area contributed by atoms with Crippen LogP contribution in [-0.2, 0) is 0 Å². The molecule has 3 aromatic carbocycles. The summed E-state index contributed by atoms with van der Waals surface area (Å²) in [5, 5.41) is 3.83. The molecule has 0 saturated carbocycles. The van der Waals surface area contributed by atoms with Crippen molar-refractivity contribution in [3.8, 4) is 16.9 Å². The Morgan fingerprint density at radius 3 is 2.43 bits per heavy atom. The normalized spacial score (nSPS) is 11.7. The third-order valence-electron chi connectivity index (χ3n) is 5.55. The minimum Gasteiger partial charge on any atom is -0.351 e. The summed E-state index contributed by atoms with van der Waals surface area (Å²) in [6, 6.07) is 26.4. The van der Waals surface area contributed by atoms with E-state index in [1.165, 1.54) is 10.8 Å². The number of aromatic nitrogens is 3. The minimum absolute atomic E-state index is 0.707. The van der Waals surface area contributed by atoms with Crippen LogP contribution in [0.15, 0.2) is 91.4 Å². The second-order valence-electron chi connectivity index (χ2n) is 7.35. The SMILES string of the molecule is Clc1ccc(-n2c[n+]3ccc4c5ccccc5[nH]c4c3c2-c2cccc(Cl)c2)cc1. The van der Waals surface area contributed by atoms with Gasteiger partial charge in [0.25, 0.3) is 6.33 Å². The lowest BCUT2D eigenvalue weighted by Gasteiger charge is -2.03. The summed E-state index contributed by atoms with van der Waals surface area (Å²) in [6.45, 7) is 0. The standard InChI is InChI=1S/C25H16Cl2N3/c26-17-8-10-19(11-9-17)30-15-29-13-12-21-20-6-1-2-7-22(20)28-23(21)25(29)24(30)16-4-3-5-18(27)14-16/h1-15,28H/q+1. The monoisotopic (exact) mass is 428 g/mol. The number of imidazole rings is 1. The summed E-state index contributed by atoms with van der Waals surface area (Å²) in [4.78, 5) is 3.63. The number of aromatic amines is 1. The maximum Gasteiger partial charge on any atom is 0.254 e. The molecule has 0 spiro atoms. The van der Waals surface area contributed by atoms with Crippen LogP contribution in [0.5, 0.6) is 0 Å². The van der Waals surface area contributed by atoms with E-state index in [1.54, 1.807) is 0 Å². The molecule has 30 heavy (non-hydrogen) atoms. The summed E-state index contributed by atoms with van der Waals surface area (Å²) in [5.74, 6) is 0. The van der Waals surface area contributed by atoms with Crippen molar-refractivity contribution in [1.29, 1.82) is 0 Å². The molecule has 3 nitrogen and oxygen atoms in total. The predicted octanol–water partition coefficient (Wildman–Crippen LogP) is 6.82. The van der Waals surface area contributed by atoms with Gasteiger partial charge in [0.2, 0.25) is 5.52 Å². The molecule has 5 heteroatoms. The van der Waals surface area contributed by atoms with Crippen LogP contribution in [0.25, 0.3) is 44.3 Å². The molecule has 0 atom stereocenters. The number of hydrogen-bond donors (Lipinski definition) is 1. The third kappa shape index (κ3) is 2.63. The Balaban J connectivity index is 1.79. The number of hydrogen-bond acceptors (Lipinski definition) is 0. The van der Waals surface area contributed by atoms with E-state index in [0.717, 1.165) is 33.5 Å². The number of pyridine rings is 1. The number of nitrogens with zero attached hydrogens (tertiary/aromatic N) is 2. The molecule has 0 amide bonds. The predicted molar refractivity (Wildman–Crippen MR) is 124 cm³/mol. The van der Waals surface area contributed by atoms with E-state index in [1.807, 2.05) is 42.5 Å². The molecule has 0 saturated heterocycles. The smallest absolute Gasteiger partial charge is 0.254 e. The van der Waals surface area contributed by atoms with E-state index >= 15 is 0 Å². The molecule has 1 N–H and O–H groups in total. The Labute approximate surface area is 182 Å². The van der Waals surface area contributed by atoms with Crippen molar-refractivity contribution in [2.45, 2.75) is 0 Å². The van der Waals surface area contributed by atoms with E-state index in [9.17, 15) is 0 Å². The average molecular weight is 429 g/mol. The summed E-state index contributed by atoms with van der Waals surface area (Å²) in [5.41, 5.74) is 6.46. The highest BCUT2D eigenvalue weighted by atomic mass is 35.5. The lowest BCUT2D eigenvalue weighted by molar-refractivity contribution is -0.510. The molecule has 3 heterocycles. The molecule has 0 aliphatic heterocycles. The van der Waals surface area contributed by atoms with Gasteiger partial charge in [0.05, 0.1) is 11.7 Å². The topological polar surface area (TPSA) is 24.8 Å². The van der Waals surface area contributed by atoms with Crippen LogP contribution in [-0.4, -0.2) is 9.55 Å². The fraction of sp³-hybridized carbons (Fsp3) is 0. The number of rotatable bonds is 2. The van der Waals surface area contributed by atoms with Crippen molar-refractivity contribution in [1.82, 2.24) is 9.55 Å². The third-order valence-corrected chi connectivity index (χ3v) is 6.04. The first-order valence-electron chi connectivity index (χ1n) is 9.67. The van der Waals surface area contributed by atoms with Gasteiger partial charge in [-0.05, 0) is 48.5 Å². The zero-order valence-electron chi connectivity index (χ0n) is 15.8. The van der Waals surface area contributed by atoms with Crippen molar-refractivity contribution < 1.29 is 4.40 Å². The van der Waals surface area contributed by atoms with Gasteiger partial charge in [-0.15, -0.1) is 0 Å². The summed E-state index contributed by atoms with van der Waals surface area (Å²) < 4.78 is 4.34. The molecular formula is C25H16Cl2N3+. The van der Waals surface area contributed by atoms with Crippen LogP contribution in [0.2, 0.25) is 10.0 Å². The fourth-order valence-electron chi connectivity index (χ4n) is 4.22. The number of nitrogens with one attached hydrogen (secondary N) is 1. The van der Waals surface area contributed by atoms with E-state index in [0.29, 0.717) is 10.0 Å².